The van der Waals surface area contributed by atoms with Gasteiger partial charge in [-0.2, -0.15) is 0 Å². The van der Waals surface area contributed by atoms with E-state index in [4.69, 9.17) is 37.0 Å². The zero-order chi connectivity index (χ0) is 72.7. The van der Waals surface area contributed by atoms with Gasteiger partial charge in [-0.05, 0) is 31.6 Å². The molecule has 0 fully saturated rings. The first-order valence-corrected chi connectivity index (χ1v) is 44.6. The van der Waals surface area contributed by atoms with Crippen molar-refractivity contribution in [1.29, 1.82) is 0 Å². The van der Waals surface area contributed by atoms with Gasteiger partial charge in [0.05, 0.1) is 26.4 Å². The molecule has 588 valence electrons. The van der Waals surface area contributed by atoms with Crippen molar-refractivity contribution >= 4 is 39.5 Å². The average Bonchev–Trinajstić information content (AvgIpc) is 1.01. The zero-order valence-electron chi connectivity index (χ0n) is 64.6. The first-order valence-electron chi connectivity index (χ1n) is 41.6. The Hall–Kier alpha value is -1.94. The molecule has 19 heteroatoms. The highest BCUT2D eigenvalue weighted by Gasteiger charge is 2.30. The van der Waals surface area contributed by atoms with Crippen molar-refractivity contribution in [2.45, 2.75) is 445 Å². The molecular formula is C80H156O17P2. The van der Waals surface area contributed by atoms with Crippen LogP contribution < -0.4 is 0 Å². The number of rotatable bonds is 80. The molecule has 0 heterocycles. The molecule has 0 saturated heterocycles. The molecule has 0 aromatic heterocycles. The van der Waals surface area contributed by atoms with Crippen LogP contribution in [0.2, 0.25) is 0 Å². The van der Waals surface area contributed by atoms with Gasteiger partial charge >= 0.3 is 39.5 Å². The number of esters is 4. The molecule has 0 aliphatic rings. The SMILES string of the molecule is CCCCCCCCCCCCCCCCCCCCCCCC(=O)O[C@H](COC(=O)CCCCCCCCCCCCCCCCCC(C)C)COP(=O)(O)OC[C@@H](O)COP(=O)(O)OC[C@@H](COC(=O)CCCCCCCCC)OC(=O)CCCCCCCCCCCCCCC. The van der Waals surface area contributed by atoms with Gasteiger partial charge in [0, 0.05) is 25.7 Å². The average molecular weight is 1450 g/mol. The van der Waals surface area contributed by atoms with Crippen molar-refractivity contribution in [3.8, 4) is 0 Å². The van der Waals surface area contributed by atoms with Crippen molar-refractivity contribution in [3.63, 3.8) is 0 Å². The summed E-state index contributed by atoms with van der Waals surface area (Å²) in [4.78, 5) is 72.8. The van der Waals surface area contributed by atoms with Gasteiger partial charge < -0.3 is 33.8 Å². The van der Waals surface area contributed by atoms with Crippen LogP contribution in [0, 0.1) is 5.92 Å². The lowest BCUT2D eigenvalue weighted by Crippen LogP contribution is -2.30. The van der Waals surface area contributed by atoms with Crippen molar-refractivity contribution in [2.75, 3.05) is 39.6 Å². The molecule has 0 aromatic rings. The molecule has 0 amide bonds. The first-order chi connectivity index (χ1) is 48.0. The molecule has 0 bridgehead atoms. The number of hydrogen-bond acceptors (Lipinski definition) is 15. The maximum absolute atomic E-state index is 13.1. The van der Waals surface area contributed by atoms with Gasteiger partial charge in [-0.3, -0.25) is 37.3 Å². The third-order valence-corrected chi connectivity index (χ3v) is 20.7. The second-order valence-electron chi connectivity index (χ2n) is 29.3. The number of unbranched alkanes of at least 4 members (excludes halogenated alkanes) is 52. The predicted molar refractivity (Wildman–Crippen MR) is 405 cm³/mol. The lowest BCUT2D eigenvalue weighted by Gasteiger charge is -2.21. The Kier molecular flexibility index (Phi) is 71.6. The van der Waals surface area contributed by atoms with Gasteiger partial charge in [0.15, 0.2) is 12.2 Å². The van der Waals surface area contributed by atoms with Gasteiger partial charge in [0.2, 0.25) is 0 Å². The third-order valence-electron chi connectivity index (χ3n) is 18.8. The van der Waals surface area contributed by atoms with E-state index in [0.29, 0.717) is 25.7 Å². The first kappa shape index (κ1) is 97.1. The van der Waals surface area contributed by atoms with Crippen LogP contribution in [0.5, 0.6) is 0 Å². The van der Waals surface area contributed by atoms with Crippen LogP contribution in [-0.2, 0) is 65.4 Å². The second kappa shape index (κ2) is 73.0. The summed E-state index contributed by atoms with van der Waals surface area (Å²) in [5.74, 6) is -1.31. The van der Waals surface area contributed by atoms with Crippen LogP contribution in [-0.4, -0.2) is 96.7 Å². The molecule has 17 nitrogen and oxygen atoms in total. The lowest BCUT2D eigenvalue weighted by atomic mass is 10.0. The Balaban J connectivity index is 5.16. The molecule has 0 aromatic carbocycles. The summed E-state index contributed by atoms with van der Waals surface area (Å²) in [5, 5.41) is 10.6. The second-order valence-corrected chi connectivity index (χ2v) is 32.2. The Morgan fingerprint density at radius 3 is 0.687 bits per heavy atom. The summed E-state index contributed by atoms with van der Waals surface area (Å²) >= 11 is 0. The Morgan fingerprint density at radius 2 is 0.465 bits per heavy atom. The summed E-state index contributed by atoms with van der Waals surface area (Å²) in [5.41, 5.74) is 0. The third kappa shape index (κ3) is 74.1. The fraction of sp³-hybridized carbons (Fsp3) is 0.950. The van der Waals surface area contributed by atoms with Crippen molar-refractivity contribution in [3.05, 3.63) is 0 Å². The van der Waals surface area contributed by atoms with E-state index in [2.05, 4.69) is 34.6 Å². The number of phosphoric ester groups is 2. The Labute approximate surface area is 607 Å². The van der Waals surface area contributed by atoms with Crippen LogP contribution in [0.15, 0.2) is 0 Å². The van der Waals surface area contributed by atoms with E-state index in [1.807, 2.05) is 0 Å². The summed E-state index contributed by atoms with van der Waals surface area (Å²) < 4.78 is 68.5. The van der Waals surface area contributed by atoms with Crippen molar-refractivity contribution in [1.82, 2.24) is 0 Å². The Morgan fingerprint density at radius 1 is 0.273 bits per heavy atom. The minimum Gasteiger partial charge on any atom is -0.462 e. The largest absolute Gasteiger partial charge is 0.472 e. The number of hydrogen-bond donors (Lipinski definition) is 3. The van der Waals surface area contributed by atoms with Crippen LogP contribution >= 0.6 is 15.6 Å². The lowest BCUT2D eigenvalue weighted by molar-refractivity contribution is -0.161. The zero-order valence-corrected chi connectivity index (χ0v) is 66.4. The number of phosphoric acid groups is 2. The predicted octanol–water partition coefficient (Wildman–Crippen LogP) is 24.0. The van der Waals surface area contributed by atoms with E-state index >= 15 is 0 Å². The monoisotopic (exact) mass is 1450 g/mol. The minimum absolute atomic E-state index is 0.108. The molecule has 3 N–H and O–H groups in total. The molecule has 2 unspecified atom stereocenters. The van der Waals surface area contributed by atoms with E-state index in [0.717, 1.165) is 109 Å². The fourth-order valence-corrected chi connectivity index (χ4v) is 14.0. The van der Waals surface area contributed by atoms with E-state index in [1.165, 1.54) is 238 Å². The molecule has 0 saturated carbocycles. The molecule has 0 spiro atoms. The quantitative estimate of drug-likeness (QED) is 0.0222. The maximum atomic E-state index is 13.1. The van der Waals surface area contributed by atoms with Crippen molar-refractivity contribution < 1.29 is 80.2 Å². The summed E-state index contributed by atoms with van der Waals surface area (Å²) in [6, 6.07) is 0. The maximum Gasteiger partial charge on any atom is 0.472 e. The number of carbonyl (C=O) groups is 4. The van der Waals surface area contributed by atoms with Crippen LogP contribution in [0.4, 0.5) is 0 Å². The highest BCUT2D eigenvalue weighted by atomic mass is 31.2. The van der Waals surface area contributed by atoms with Gasteiger partial charge in [0.25, 0.3) is 0 Å². The molecule has 0 radical (unpaired) electrons. The highest BCUT2D eigenvalue weighted by Crippen LogP contribution is 2.45. The van der Waals surface area contributed by atoms with E-state index in [9.17, 15) is 43.2 Å². The van der Waals surface area contributed by atoms with E-state index < -0.39 is 97.5 Å². The molecule has 0 rings (SSSR count). The number of ether oxygens (including phenoxy) is 4. The van der Waals surface area contributed by atoms with Crippen LogP contribution in [0.3, 0.4) is 0 Å². The van der Waals surface area contributed by atoms with Crippen LogP contribution in [0.1, 0.15) is 426 Å². The molecular weight excluding hydrogens is 1290 g/mol. The van der Waals surface area contributed by atoms with Gasteiger partial charge in [-0.15, -0.1) is 0 Å². The van der Waals surface area contributed by atoms with Gasteiger partial charge in [-0.25, -0.2) is 9.13 Å². The van der Waals surface area contributed by atoms with E-state index in [1.54, 1.807) is 0 Å². The molecule has 99 heavy (non-hydrogen) atoms. The fourth-order valence-electron chi connectivity index (χ4n) is 12.4. The molecule has 0 aliphatic heterocycles. The Bertz CT molecular complexity index is 1890. The number of aliphatic hydroxyl groups excluding tert-OH is 1. The molecule has 5 atom stereocenters. The number of aliphatic hydroxyl groups is 1. The summed E-state index contributed by atoms with van der Waals surface area (Å²) in [7, 11) is -9.91. The standard InChI is InChI=1S/C80H156O17P2/c1-6-9-12-15-18-20-22-24-25-26-27-28-29-30-33-38-42-46-51-56-61-66-80(85)97-76(70-91-78(83)64-59-54-49-44-40-37-34-31-32-36-39-43-48-52-57-62-73(4)5)72-95-99(88,89)93-68-74(81)67-92-98(86,87)94-71-75(69-90-77(82)63-58-53-47-17-14-11-8-3)96-79(84)65-60-55-50-45-41-35-23-21-19-16-13-10-7-2/h73-76,81H,6-72H2,1-5H3,(H,86,87)(H,88,89)/t74-,75+,76+/m0/s1. The number of carbonyl (C=O) groups excluding carboxylic acids is 4. The molecule has 0 aliphatic carbocycles. The van der Waals surface area contributed by atoms with Crippen molar-refractivity contribution in [2.24, 2.45) is 5.92 Å². The summed E-state index contributed by atoms with van der Waals surface area (Å²) in [6.45, 7) is 7.31. The normalized spacial score (nSPS) is 13.9. The van der Waals surface area contributed by atoms with Gasteiger partial charge in [-0.1, -0.05) is 375 Å². The summed E-state index contributed by atoms with van der Waals surface area (Å²) in [6.07, 6.45) is 64.0. The highest BCUT2D eigenvalue weighted by molar-refractivity contribution is 7.47. The van der Waals surface area contributed by atoms with E-state index in [-0.39, 0.29) is 25.7 Å². The topological polar surface area (TPSA) is 237 Å². The smallest absolute Gasteiger partial charge is 0.462 e. The minimum atomic E-state index is -4.96. The van der Waals surface area contributed by atoms with Crippen LogP contribution in [0.25, 0.3) is 0 Å². The van der Waals surface area contributed by atoms with Gasteiger partial charge in [0.1, 0.15) is 19.3 Å².